The third-order valence-corrected chi connectivity index (χ3v) is 4.30. The van der Waals surface area contributed by atoms with Gasteiger partial charge in [-0.1, -0.05) is 18.2 Å². The Morgan fingerprint density at radius 2 is 1.96 bits per heavy atom. The Hall–Kier alpha value is -2.69. The fourth-order valence-corrected chi connectivity index (χ4v) is 3.08. The van der Waals surface area contributed by atoms with Gasteiger partial charge in [-0.2, -0.15) is 0 Å². The van der Waals surface area contributed by atoms with Crippen LogP contribution in [0.5, 0.6) is 17.2 Å². The molecule has 0 spiro atoms. The number of aromatic hydroxyl groups is 1. The zero-order chi connectivity index (χ0) is 15.8. The zero-order valence-electron chi connectivity index (χ0n) is 12.6. The number of phenolic OH excluding ortho intramolecular Hbond substituents is 1. The Balaban J connectivity index is 1.50. The minimum Gasteiger partial charge on any atom is -0.508 e. The van der Waals surface area contributed by atoms with Gasteiger partial charge in [0.1, 0.15) is 12.4 Å². The van der Waals surface area contributed by atoms with Crippen molar-refractivity contribution in [3.63, 3.8) is 0 Å². The van der Waals surface area contributed by atoms with Crippen LogP contribution < -0.4 is 9.47 Å². The number of carbonyl (C=O) groups is 1. The van der Waals surface area contributed by atoms with Crippen molar-refractivity contribution in [3.8, 4) is 17.2 Å². The van der Waals surface area contributed by atoms with Gasteiger partial charge in [-0.05, 0) is 41.8 Å². The average Bonchev–Trinajstić information content (AvgIpc) is 2.60. The Labute approximate surface area is 134 Å². The summed E-state index contributed by atoms with van der Waals surface area (Å²) in [4.78, 5) is 14.5. The molecule has 2 aliphatic rings. The molecule has 1 unspecified atom stereocenters. The summed E-state index contributed by atoms with van der Waals surface area (Å²) in [7, 11) is 0. The van der Waals surface area contributed by atoms with E-state index in [9.17, 15) is 9.90 Å². The molecule has 2 aromatic rings. The molecule has 2 aliphatic heterocycles. The van der Waals surface area contributed by atoms with Crippen molar-refractivity contribution in [1.29, 1.82) is 0 Å². The predicted octanol–water partition coefficient (Wildman–Crippen LogP) is 2.12. The van der Waals surface area contributed by atoms with Gasteiger partial charge in [0.25, 0.3) is 5.91 Å². The Bertz CT molecular complexity index is 758. The number of benzene rings is 2. The third-order valence-electron chi connectivity index (χ3n) is 4.30. The first-order valence-electron chi connectivity index (χ1n) is 7.69. The van der Waals surface area contributed by atoms with Gasteiger partial charge in [0.15, 0.2) is 11.5 Å². The summed E-state index contributed by atoms with van der Waals surface area (Å²) < 4.78 is 11.4. The summed E-state index contributed by atoms with van der Waals surface area (Å²) in [6.07, 6.45) is 0.162. The number of hydrogen-bond acceptors (Lipinski definition) is 4. The number of amides is 1. The molecule has 1 atom stereocenters. The molecule has 1 amide bonds. The van der Waals surface area contributed by atoms with Crippen LogP contribution in [0.2, 0.25) is 0 Å². The van der Waals surface area contributed by atoms with E-state index in [0.29, 0.717) is 24.6 Å². The summed E-state index contributed by atoms with van der Waals surface area (Å²) >= 11 is 0. The molecule has 0 radical (unpaired) electrons. The van der Waals surface area contributed by atoms with Crippen molar-refractivity contribution in [2.24, 2.45) is 0 Å². The Morgan fingerprint density at radius 3 is 2.83 bits per heavy atom. The van der Waals surface area contributed by atoms with Gasteiger partial charge in [-0.15, -0.1) is 0 Å². The van der Waals surface area contributed by atoms with E-state index in [2.05, 4.69) is 0 Å². The minimum atomic E-state index is -0.622. The lowest BCUT2D eigenvalue weighted by atomic mass is 9.99. The van der Waals surface area contributed by atoms with E-state index in [4.69, 9.17) is 9.47 Å². The van der Waals surface area contributed by atoms with Gasteiger partial charge in [0.2, 0.25) is 6.10 Å². The number of carbonyl (C=O) groups excluding carboxylic acids is 1. The topological polar surface area (TPSA) is 59.0 Å². The van der Waals surface area contributed by atoms with E-state index in [1.165, 1.54) is 5.56 Å². The molecule has 0 aromatic heterocycles. The van der Waals surface area contributed by atoms with Crippen LogP contribution >= 0.6 is 0 Å². The number of fused-ring (bicyclic) bond motifs is 2. The maximum atomic E-state index is 12.7. The quantitative estimate of drug-likeness (QED) is 0.876. The molecule has 118 valence electrons. The molecule has 5 heteroatoms. The molecule has 0 fully saturated rings. The first kappa shape index (κ1) is 13.9. The summed E-state index contributed by atoms with van der Waals surface area (Å²) in [5, 5.41) is 9.62. The van der Waals surface area contributed by atoms with Gasteiger partial charge in [0.05, 0.1) is 0 Å². The lowest BCUT2D eigenvalue weighted by Crippen LogP contribution is -2.47. The summed E-state index contributed by atoms with van der Waals surface area (Å²) in [5.41, 5.74) is 2.17. The molecule has 1 N–H and O–H groups in total. The highest BCUT2D eigenvalue weighted by Crippen LogP contribution is 2.32. The Kier molecular flexibility index (Phi) is 3.33. The normalized spacial score (nSPS) is 19.1. The first-order chi connectivity index (χ1) is 11.2. The second-order valence-electron chi connectivity index (χ2n) is 5.83. The lowest BCUT2D eigenvalue weighted by molar-refractivity contribution is -0.142. The first-order valence-corrected chi connectivity index (χ1v) is 7.69. The van der Waals surface area contributed by atoms with Crippen LogP contribution in [0.3, 0.4) is 0 Å². The van der Waals surface area contributed by atoms with Crippen molar-refractivity contribution in [3.05, 3.63) is 53.6 Å². The molecular formula is C18H17NO4. The predicted molar refractivity (Wildman–Crippen MR) is 83.6 cm³/mol. The monoisotopic (exact) mass is 311 g/mol. The highest BCUT2D eigenvalue weighted by molar-refractivity contribution is 5.82. The smallest absolute Gasteiger partial charge is 0.267 e. The van der Waals surface area contributed by atoms with E-state index in [1.807, 2.05) is 24.3 Å². The van der Waals surface area contributed by atoms with Gasteiger partial charge in [-0.25, -0.2) is 0 Å². The van der Waals surface area contributed by atoms with Crippen LogP contribution in [0.15, 0.2) is 42.5 Å². The summed E-state index contributed by atoms with van der Waals surface area (Å²) in [5.74, 6) is 1.43. The van der Waals surface area contributed by atoms with Gasteiger partial charge in [0, 0.05) is 13.1 Å². The van der Waals surface area contributed by atoms with Crippen molar-refractivity contribution in [2.75, 3.05) is 13.2 Å². The largest absolute Gasteiger partial charge is 0.508 e. The molecule has 5 nitrogen and oxygen atoms in total. The van der Waals surface area contributed by atoms with Gasteiger partial charge < -0.3 is 19.5 Å². The van der Waals surface area contributed by atoms with E-state index >= 15 is 0 Å². The van der Waals surface area contributed by atoms with Gasteiger partial charge in [-0.3, -0.25) is 4.79 Å². The fraction of sp³-hybridized carbons (Fsp3) is 0.278. The maximum absolute atomic E-state index is 12.7. The van der Waals surface area contributed by atoms with Gasteiger partial charge >= 0.3 is 0 Å². The van der Waals surface area contributed by atoms with Crippen LogP contribution in [0, 0.1) is 0 Å². The molecule has 2 heterocycles. The highest BCUT2D eigenvalue weighted by atomic mass is 16.6. The van der Waals surface area contributed by atoms with Crippen LogP contribution in [-0.4, -0.2) is 35.2 Å². The molecule has 0 aliphatic carbocycles. The van der Waals surface area contributed by atoms with E-state index < -0.39 is 6.10 Å². The Morgan fingerprint density at radius 1 is 1.13 bits per heavy atom. The molecule has 0 saturated carbocycles. The number of hydrogen-bond donors (Lipinski definition) is 1. The molecular weight excluding hydrogens is 294 g/mol. The highest BCUT2D eigenvalue weighted by Gasteiger charge is 2.32. The zero-order valence-corrected chi connectivity index (χ0v) is 12.6. The molecule has 0 bridgehead atoms. The second-order valence-corrected chi connectivity index (χ2v) is 5.83. The summed E-state index contributed by atoms with van der Waals surface area (Å²) in [6.45, 7) is 1.36. The number of rotatable bonds is 1. The molecule has 0 saturated heterocycles. The number of ether oxygens (including phenoxy) is 2. The van der Waals surface area contributed by atoms with Crippen LogP contribution in [0.4, 0.5) is 0 Å². The number of nitrogens with zero attached hydrogens (tertiary/aromatic N) is 1. The van der Waals surface area contributed by atoms with Crippen LogP contribution in [0.25, 0.3) is 0 Å². The lowest BCUT2D eigenvalue weighted by Gasteiger charge is -2.33. The number of phenols is 1. The van der Waals surface area contributed by atoms with E-state index in [-0.39, 0.29) is 18.3 Å². The van der Waals surface area contributed by atoms with Crippen LogP contribution in [-0.2, 0) is 17.8 Å². The van der Waals surface area contributed by atoms with E-state index in [0.717, 1.165) is 12.0 Å². The summed E-state index contributed by atoms with van der Waals surface area (Å²) in [6, 6.07) is 12.7. The van der Waals surface area contributed by atoms with Crippen molar-refractivity contribution >= 4 is 5.91 Å². The van der Waals surface area contributed by atoms with E-state index in [1.54, 1.807) is 23.1 Å². The van der Waals surface area contributed by atoms with Crippen molar-refractivity contribution in [1.82, 2.24) is 4.90 Å². The molecule has 4 rings (SSSR count). The van der Waals surface area contributed by atoms with Crippen LogP contribution in [0.1, 0.15) is 11.1 Å². The maximum Gasteiger partial charge on any atom is 0.267 e. The average molecular weight is 311 g/mol. The van der Waals surface area contributed by atoms with Crippen molar-refractivity contribution < 1.29 is 19.4 Å². The standard InChI is InChI=1S/C18H17NO4/c20-14-6-5-12-7-8-19(10-13(12)9-14)18(21)17-11-22-15-3-1-2-4-16(15)23-17/h1-6,9,17,20H,7-8,10-11H2. The molecule has 2 aromatic carbocycles. The van der Waals surface area contributed by atoms with Crippen molar-refractivity contribution in [2.45, 2.75) is 19.1 Å². The second kappa shape index (κ2) is 5.50. The number of para-hydroxylation sites is 2. The minimum absolute atomic E-state index is 0.0755. The fourth-order valence-electron chi connectivity index (χ4n) is 3.08. The third kappa shape index (κ3) is 2.59. The molecule has 23 heavy (non-hydrogen) atoms. The SMILES string of the molecule is O=C(C1COc2ccccc2O1)N1CCc2ccc(O)cc2C1.